The van der Waals surface area contributed by atoms with Crippen molar-refractivity contribution in [2.45, 2.75) is 238 Å². The van der Waals surface area contributed by atoms with Crippen molar-refractivity contribution in [3.63, 3.8) is 0 Å². The fraction of sp³-hybridized carbons (Fsp3) is 0.280. The summed E-state index contributed by atoms with van der Waals surface area (Å²) in [5, 5.41) is 8.40. The number of hydrogen-bond donors (Lipinski definition) is 0. The Balaban J connectivity index is 0.000000154. The van der Waals surface area contributed by atoms with E-state index in [1.807, 2.05) is 180 Å². The molecule has 6 heterocycles. The Hall–Kier alpha value is -12.3. The van der Waals surface area contributed by atoms with Crippen LogP contribution in [0.1, 0.15) is 280 Å². The van der Waals surface area contributed by atoms with Gasteiger partial charge < -0.3 is 13.7 Å². The molecule has 0 saturated carbocycles. The maximum Gasteiger partial charge on any atom is 0.0583 e. The maximum absolute atomic E-state index is 2.61. The SMILES string of the molecule is CC.CC.CC.CC.CC.CC.CC.CC.CC.CC.CC.CC.CC.c1ccc2c(c1)Cc1c-2cc2c3ccccc3n3c2c1Cc1ccc2c(c1-3)-c1ccccc1C2.c1ccc2c(c1)Cc1cc3c(cc1-2)Cc1cc2c(c4c5ccccc5n-3c14)Cc1ccccc1-2.c1ccc2c(c1)Cc1ccc3c(c1-2)-n1c2ccccc2c2cc4c(c(c21)C3)-c1ccccc1C4. The first-order valence-electron chi connectivity index (χ1n) is 49.8. The van der Waals surface area contributed by atoms with Gasteiger partial charge in [-0.25, -0.2) is 0 Å². The van der Waals surface area contributed by atoms with Crippen molar-refractivity contribution in [1.29, 1.82) is 0 Å². The molecule has 3 nitrogen and oxygen atoms in total. The molecule has 0 radical (unpaired) electrons. The number of para-hydroxylation sites is 3. The summed E-state index contributed by atoms with van der Waals surface area (Å²) in [6, 6.07) is 103. The van der Waals surface area contributed by atoms with Gasteiger partial charge in [-0.3, -0.25) is 0 Å². The molecule has 0 amide bonds. The Bertz CT molecular complexity index is 6960. The molecule has 656 valence electrons. The van der Waals surface area contributed by atoms with Crippen LogP contribution in [0.15, 0.2) is 273 Å². The second-order valence-corrected chi connectivity index (χ2v) is 30.3. The minimum atomic E-state index is 0.993. The van der Waals surface area contributed by atoms with E-state index in [0.29, 0.717) is 0 Å². The Morgan fingerprint density at radius 2 is 0.477 bits per heavy atom. The second kappa shape index (κ2) is 43.0. The summed E-state index contributed by atoms with van der Waals surface area (Å²) in [4.78, 5) is 0. The minimum absolute atomic E-state index is 0.993. The third-order valence-electron chi connectivity index (χ3n) is 25.3. The lowest BCUT2D eigenvalue weighted by molar-refractivity contribution is 1.02. The van der Waals surface area contributed by atoms with E-state index in [2.05, 4.69) is 287 Å². The van der Waals surface area contributed by atoms with E-state index < -0.39 is 0 Å². The lowest BCUT2D eigenvalue weighted by Crippen LogP contribution is -2.12. The van der Waals surface area contributed by atoms with Gasteiger partial charge in [0.15, 0.2) is 0 Å². The Kier molecular flexibility index (Phi) is 31.9. The monoisotopic (exact) mass is 1680 g/mol. The molecule has 6 aliphatic carbocycles. The Labute approximate surface area is 768 Å². The Morgan fingerprint density at radius 3 is 0.953 bits per heavy atom. The molecule has 3 aliphatic heterocycles. The average molecular weight is 1690 g/mol. The standard InChI is InChI=1S/3C33H21N.13C2H6/c1-3-9-24-20(8-1)16-23-18-27-26-11-5-6-12-29(26)34-32-22(17-28(30(23)24)33(27)34)14-13-21-15-19-7-2-4-10-25(19)31(21)32;1-3-9-23-20(8-1)16-26-27(23)18-29-25-11-5-6-12-30(25)34-32-22(17-28(26)33(29)34)14-13-21-15-19-7-2-4-10-24(19)31(21)32;1-3-9-24-19(7-1)13-21-18-31-22(16-27(21)24)14-23-17-28-25-10-4-2-8-20(25)15-29(28)32-26-11-5-6-12-30(26)34(31)33(23)32;13*1-2/h2*1-14,18H,15-17H2;1-12,16-18H,13-15H2;13*1-2H3. The van der Waals surface area contributed by atoms with Gasteiger partial charge in [0, 0.05) is 62.7 Å². The van der Waals surface area contributed by atoms with Gasteiger partial charge in [-0.2, -0.15) is 0 Å². The van der Waals surface area contributed by atoms with E-state index >= 15 is 0 Å². The first-order chi connectivity index (χ1) is 63.6. The third kappa shape index (κ3) is 15.6. The highest BCUT2D eigenvalue weighted by Crippen LogP contribution is 2.56. The molecular formula is C125H141N3. The predicted molar refractivity (Wildman–Crippen MR) is 568 cm³/mol. The molecule has 3 heteroatoms. The zero-order valence-electron chi connectivity index (χ0n) is 82.2. The summed E-state index contributed by atoms with van der Waals surface area (Å²) in [6.45, 7) is 52.0. The number of aromatic nitrogens is 3. The van der Waals surface area contributed by atoms with Crippen LogP contribution in [0.5, 0.6) is 0 Å². The van der Waals surface area contributed by atoms with Crippen molar-refractivity contribution in [1.82, 2.24) is 13.7 Å². The lowest BCUT2D eigenvalue weighted by atomic mass is 9.87. The van der Waals surface area contributed by atoms with Crippen LogP contribution in [0.4, 0.5) is 0 Å². The zero-order chi connectivity index (χ0) is 91.9. The molecule has 0 spiro atoms. The van der Waals surface area contributed by atoms with E-state index in [1.165, 1.54) is 249 Å². The first kappa shape index (κ1) is 94.8. The molecule has 0 bridgehead atoms. The van der Waals surface area contributed by atoms with Crippen LogP contribution >= 0.6 is 0 Å². The molecule has 27 rings (SSSR count). The van der Waals surface area contributed by atoms with Crippen molar-refractivity contribution in [2.24, 2.45) is 0 Å². The maximum atomic E-state index is 2.61. The number of benzene rings is 15. The van der Waals surface area contributed by atoms with Gasteiger partial charge in [0.1, 0.15) is 0 Å². The van der Waals surface area contributed by atoms with E-state index in [1.54, 1.807) is 0 Å². The van der Waals surface area contributed by atoms with Gasteiger partial charge in [0.2, 0.25) is 0 Å². The quantitative estimate of drug-likeness (QED) is 0.144. The largest absolute Gasteiger partial charge is 0.309 e. The summed E-state index contributed by atoms with van der Waals surface area (Å²) in [7, 11) is 0. The molecule has 18 aromatic rings. The summed E-state index contributed by atoms with van der Waals surface area (Å²) in [6.07, 6.45) is 9.21. The topological polar surface area (TPSA) is 14.8 Å². The highest BCUT2D eigenvalue weighted by molar-refractivity contribution is 6.18. The fourth-order valence-corrected chi connectivity index (χ4v) is 21.2. The number of nitrogens with zero attached hydrogens (tertiary/aromatic N) is 3. The number of fused-ring (bicyclic) bond motifs is 38. The van der Waals surface area contributed by atoms with Crippen molar-refractivity contribution in [2.75, 3.05) is 0 Å². The van der Waals surface area contributed by atoms with Gasteiger partial charge in [0.05, 0.1) is 50.2 Å². The van der Waals surface area contributed by atoms with E-state index in [0.717, 1.165) is 57.8 Å². The van der Waals surface area contributed by atoms with Crippen LogP contribution in [0.2, 0.25) is 0 Å². The van der Waals surface area contributed by atoms with Gasteiger partial charge >= 0.3 is 0 Å². The molecule has 128 heavy (non-hydrogen) atoms. The third-order valence-corrected chi connectivity index (χ3v) is 25.3. The van der Waals surface area contributed by atoms with Crippen LogP contribution < -0.4 is 0 Å². The van der Waals surface area contributed by atoms with Crippen molar-refractivity contribution in [3.05, 3.63) is 373 Å². The van der Waals surface area contributed by atoms with E-state index in [9.17, 15) is 0 Å². The zero-order valence-corrected chi connectivity index (χ0v) is 82.2. The summed E-state index contributed by atoms with van der Waals surface area (Å²) >= 11 is 0. The smallest absolute Gasteiger partial charge is 0.0583 e. The molecule has 9 aliphatic rings. The number of hydrogen-bond acceptors (Lipinski definition) is 0. The molecular weight excluding hydrogens is 1540 g/mol. The average Bonchev–Trinajstić information content (AvgIpc) is 1.54. The molecule has 0 atom stereocenters. The molecule has 0 N–H and O–H groups in total. The van der Waals surface area contributed by atoms with Crippen molar-refractivity contribution >= 4 is 65.4 Å². The van der Waals surface area contributed by atoms with Gasteiger partial charge in [-0.15, -0.1) is 0 Å². The molecule has 0 fully saturated rings. The summed E-state index contributed by atoms with van der Waals surface area (Å²) < 4.78 is 7.80. The van der Waals surface area contributed by atoms with Crippen molar-refractivity contribution in [3.8, 4) is 83.8 Å². The van der Waals surface area contributed by atoms with Crippen LogP contribution in [0.25, 0.3) is 149 Å². The molecule has 0 saturated heterocycles. The van der Waals surface area contributed by atoms with E-state index in [-0.39, 0.29) is 0 Å². The van der Waals surface area contributed by atoms with Crippen LogP contribution in [0, 0.1) is 0 Å². The predicted octanol–water partition coefficient (Wildman–Crippen LogP) is 36.8. The van der Waals surface area contributed by atoms with Gasteiger partial charge in [0.25, 0.3) is 0 Å². The summed E-state index contributed by atoms with van der Waals surface area (Å²) in [5.74, 6) is 0. The molecule has 3 aromatic heterocycles. The highest BCUT2D eigenvalue weighted by atomic mass is 15.0. The normalized spacial score (nSPS) is 11.9. The lowest BCUT2D eigenvalue weighted by Gasteiger charge is -2.26. The number of rotatable bonds is 0. The van der Waals surface area contributed by atoms with Crippen LogP contribution in [0.3, 0.4) is 0 Å². The molecule has 0 unspecified atom stereocenters. The van der Waals surface area contributed by atoms with Crippen molar-refractivity contribution < 1.29 is 0 Å². The Morgan fingerprint density at radius 1 is 0.164 bits per heavy atom. The molecule has 15 aromatic carbocycles. The van der Waals surface area contributed by atoms with E-state index in [4.69, 9.17) is 0 Å². The van der Waals surface area contributed by atoms with Gasteiger partial charge in [-0.05, 0) is 243 Å². The van der Waals surface area contributed by atoms with Crippen LogP contribution in [-0.4, -0.2) is 13.7 Å². The van der Waals surface area contributed by atoms with Gasteiger partial charge in [-0.1, -0.05) is 404 Å². The minimum Gasteiger partial charge on any atom is -0.309 e. The highest BCUT2D eigenvalue weighted by Gasteiger charge is 2.38. The fourth-order valence-electron chi connectivity index (χ4n) is 21.2. The first-order valence-corrected chi connectivity index (χ1v) is 49.8. The van der Waals surface area contributed by atoms with Crippen LogP contribution in [-0.2, 0) is 57.8 Å². The second-order valence-electron chi connectivity index (χ2n) is 30.3. The summed E-state index contributed by atoms with van der Waals surface area (Å²) in [5.41, 5.74) is 56.1.